The van der Waals surface area contributed by atoms with Crippen LogP contribution in [0, 0.1) is 0 Å². The van der Waals surface area contributed by atoms with Crippen molar-refractivity contribution in [2.45, 2.75) is 32.4 Å². The summed E-state index contributed by atoms with van der Waals surface area (Å²) in [6.45, 7) is 5.38. The molecule has 150 valence electrons. The Hall–Kier alpha value is -3.19. The Morgan fingerprint density at radius 3 is 2.69 bits per heavy atom. The predicted molar refractivity (Wildman–Crippen MR) is 108 cm³/mol. The van der Waals surface area contributed by atoms with Crippen LogP contribution in [0.2, 0.25) is 0 Å². The Kier molecular flexibility index (Phi) is 5.31. The van der Waals surface area contributed by atoms with E-state index in [9.17, 15) is 9.90 Å². The largest absolute Gasteiger partial charge is 0.491 e. The van der Waals surface area contributed by atoms with Gasteiger partial charge in [-0.3, -0.25) is 14.9 Å². The zero-order chi connectivity index (χ0) is 20.4. The summed E-state index contributed by atoms with van der Waals surface area (Å²) in [7, 11) is 0. The number of amides is 1. The third kappa shape index (κ3) is 4.00. The fourth-order valence-electron chi connectivity index (χ4n) is 3.40. The average Bonchev–Trinajstić information content (AvgIpc) is 3.14. The number of carbonyl (C=O) groups is 1. The molecule has 0 bridgehead atoms. The van der Waals surface area contributed by atoms with Gasteiger partial charge in [-0.15, -0.1) is 0 Å². The molecule has 1 atom stereocenters. The lowest BCUT2D eigenvalue weighted by Crippen LogP contribution is -2.32. The molecule has 7 heteroatoms. The first-order valence-electron chi connectivity index (χ1n) is 9.71. The lowest BCUT2D eigenvalue weighted by Gasteiger charge is -2.19. The molecule has 1 unspecified atom stereocenters. The summed E-state index contributed by atoms with van der Waals surface area (Å²) in [5.74, 6) is 0.870. The molecule has 0 aliphatic carbocycles. The number of aromatic amines is 1. The highest BCUT2D eigenvalue weighted by atomic mass is 16.5. The summed E-state index contributed by atoms with van der Waals surface area (Å²) in [5.41, 5.74) is 3.71. The lowest BCUT2D eigenvalue weighted by molar-refractivity contribution is 0.0727. The summed E-state index contributed by atoms with van der Waals surface area (Å²) < 4.78 is 5.83. The predicted octanol–water partition coefficient (Wildman–Crippen LogP) is 3.04. The number of benzene rings is 1. The highest BCUT2D eigenvalue weighted by Crippen LogP contribution is 2.30. The summed E-state index contributed by atoms with van der Waals surface area (Å²) >= 11 is 0. The van der Waals surface area contributed by atoms with Crippen LogP contribution < -0.4 is 4.74 Å². The number of rotatable bonds is 4. The topological polar surface area (TPSA) is 91.3 Å². The van der Waals surface area contributed by atoms with Gasteiger partial charge >= 0.3 is 0 Å². The second kappa shape index (κ2) is 8.05. The van der Waals surface area contributed by atoms with Gasteiger partial charge in [-0.05, 0) is 47.4 Å². The molecule has 3 heterocycles. The van der Waals surface area contributed by atoms with Crippen LogP contribution in [0.3, 0.4) is 0 Å². The molecule has 0 saturated heterocycles. The molecule has 2 aromatic heterocycles. The molecule has 7 nitrogen and oxygen atoms in total. The summed E-state index contributed by atoms with van der Waals surface area (Å²) in [5, 5.41) is 17.8. The van der Waals surface area contributed by atoms with E-state index in [0.29, 0.717) is 25.4 Å². The van der Waals surface area contributed by atoms with Gasteiger partial charge in [-0.2, -0.15) is 5.10 Å². The number of nitrogens with one attached hydrogen (secondary N) is 1. The summed E-state index contributed by atoms with van der Waals surface area (Å²) in [4.78, 5) is 18.7. The maximum absolute atomic E-state index is 13.0. The van der Waals surface area contributed by atoms with Crippen LogP contribution in [-0.4, -0.2) is 44.2 Å². The van der Waals surface area contributed by atoms with Crippen molar-refractivity contribution in [3.8, 4) is 5.75 Å². The molecule has 2 N–H and O–H groups in total. The number of hydrogen-bond acceptors (Lipinski definition) is 5. The van der Waals surface area contributed by atoms with Crippen LogP contribution in [0.25, 0.3) is 0 Å². The van der Waals surface area contributed by atoms with Crippen molar-refractivity contribution in [2.24, 2.45) is 0 Å². The number of aliphatic hydroxyl groups is 1. The Labute approximate surface area is 169 Å². The number of H-pyrrole nitrogens is 1. The molecule has 4 rings (SSSR count). The van der Waals surface area contributed by atoms with Gasteiger partial charge in [-0.25, -0.2) is 0 Å². The highest BCUT2D eigenvalue weighted by molar-refractivity contribution is 5.92. The highest BCUT2D eigenvalue weighted by Gasteiger charge is 2.24. The molecule has 1 amide bonds. The van der Waals surface area contributed by atoms with E-state index in [1.807, 2.05) is 38.1 Å². The van der Waals surface area contributed by atoms with Gasteiger partial charge in [-0.1, -0.05) is 19.9 Å². The van der Waals surface area contributed by atoms with Gasteiger partial charge < -0.3 is 14.7 Å². The minimum Gasteiger partial charge on any atom is -0.491 e. The van der Waals surface area contributed by atoms with Gasteiger partial charge in [0.25, 0.3) is 5.91 Å². The Morgan fingerprint density at radius 2 is 1.97 bits per heavy atom. The van der Waals surface area contributed by atoms with Crippen LogP contribution >= 0.6 is 0 Å². The third-order valence-corrected chi connectivity index (χ3v) is 5.13. The van der Waals surface area contributed by atoms with Gasteiger partial charge in [0, 0.05) is 30.2 Å². The molecule has 1 aliphatic rings. The van der Waals surface area contributed by atoms with E-state index in [-0.39, 0.29) is 11.8 Å². The second-order valence-corrected chi connectivity index (χ2v) is 7.49. The fraction of sp³-hybridized carbons (Fsp3) is 0.318. The summed E-state index contributed by atoms with van der Waals surface area (Å²) in [6, 6.07) is 11.0. The third-order valence-electron chi connectivity index (χ3n) is 5.13. The first-order valence-corrected chi connectivity index (χ1v) is 9.71. The molecule has 0 radical (unpaired) electrons. The number of ether oxygens (including phenoxy) is 1. The molecule has 1 aliphatic heterocycles. The molecule has 0 fully saturated rings. The zero-order valence-corrected chi connectivity index (χ0v) is 16.5. The second-order valence-electron chi connectivity index (χ2n) is 7.49. The van der Waals surface area contributed by atoms with E-state index in [1.54, 1.807) is 29.4 Å². The monoisotopic (exact) mass is 392 g/mol. The number of nitrogens with zero attached hydrogens (tertiary/aromatic N) is 3. The molecule has 0 spiro atoms. The number of hydrogen-bond donors (Lipinski definition) is 2. The van der Waals surface area contributed by atoms with Crippen LogP contribution in [0.1, 0.15) is 58.7 Å². The quantitative estimate of drug-likeness (QED) is 0.712. The van der Waals surface area contributed by atoms with Gasteiger partial charge in [0.1, 0.15) is 24.2 Å². The van der Waals surface area contributed by atoms with Crippen molar-refractivity contribution < 1.29 is 14.6 Å². The molecule has 1 aromatic carbocycles. The Balaban J connectivity index is 1.58. The van der Waals surface area contributed by atoms with Gasteiger partial charge in [0.05, 0.1) is 6.54 Å². The fourth-order valence-corrected chi connectivity index (χ4v) is 3.40. The van der Waals surface area contributed by atoms with E-state index >= 15 is 0 Å². The van der Waals surface area contributed by atoms with E-state index < -0.39 is 6.10 Å². The number of fused-ring (bicyclic) bond motifs is 1. The van der Waals surface area contributed by atoms with Gasteiger partial charge in [0.2, 0.25) is 0 Å². The van der Waals surface area contributed by atoms with E-state index in [4.69, 9.17) is 4.74 Å². The molecular formula is C22H24N4O3. The van der Waals surface area contributed by atoms with Crippen molar-refractivity contribution >= 4 is 5.91 Å². The molecular weight excluding hydrogens is 368 g/mol. The minimum absolute atomic E-state index is 0.135. The van der Waals surface area contributed by atoms with E-state index in [1.165, 1.54) is 0 Å². The van der Waals surface area contributed by atoms with Gasteiger partial charge in [0.15, 0.2) is 0 Å². The maximum Gasteiger partial charge on any atom is 0.274 e. The maximum atomic E-state index is 13.0. The Morgan fingerprint density at radius 1 is 1.17 bits per heavy atom. The molecule has 3 aromatic rings. The number of aliphatic hydroxyl groups excluding tert-OH is 1. The van der Waals surface area contributed by atoms with Crippen molar-refractivity contribution in [1.82, 2.24) is 20.1 Å². The Bertz CT molecular complexity index is 1000. The minimum atomic E-state index is -0.768. The first kappa shape index (κ1) is 19.1. The van der Waals surface area contributed by atoms with Crippen LogP contribution in [0.5, 0.6) is 5.75 Å². The van der Waals surface area contributed by atoms with Crippen molar-refractivity contribution in [3.05, 3.63) is 76.9 Å². The number of pyridine rings is 1. The smallest absolute Gasteiger partial charge is 0.274 e. The van der Waals surface area contributed by atoms with E-state index in [0.717, 1.165) is 28.1 Å². The average molecular weight is 392 g/mol. The number of carbonyl (C=O) groups excluding carboxylic acids is 1. The van der Waals surface area contributed by atoms with Crippen LogP contribution in [0.4, 0.5) is 0 Å². The van der Waals surface area contributed by atoms with Crippen molar-refractivity contribution in [3.63, 3.8) is 0 Å². The number of aromatic nitrogens is 3. The van der Waals surface area contributed by atoms with Crippen molar-refractivity contribution in [2.75, 3.05) is 13.2 Å². The normalized spacial score (nSPS) is 14.8. The van der Waals surface area contributed by atoms with E-state index in [2.05, 4.69) is 15.2 Å². The molecule has 29 heavy (non-hydrogen) atoms. The standard InChI is InChI=1S/C22H24N4O3/c1-14(2)18-12-19(25-24-18)22(28)26-9-10-29-20-4-3-16(11-17(20)13-26)21(27)15-5-7-23-8-6-15/h3-8,11-12,14,21,27H,9-10,13H2,1-2H3,(H,24,25). The SMILES string of the molecule is CC(C)c1cc(C(=O)N2CCOc3ccc(C(O)c4ccncc4)cc3C2)n[nH]1. The molecule has 0 saturated carbocycles. The lowest BCUT2D eigenvalue weighted by atomic mass is 10.00. The van der Waals surface area contributed by atoms with Crippen LogP contribution in [0.15, 0.2) is 48.8 Å². The zero-order valence-electron chi connectivity index (χ0n) is 16.5. The van der Waals surface area contributed by atoms with Crippen LogP contribution in [-0.2, 0) is 6.54 Å². The summed E-state index contributed by atoms with van der Waals surface area (Å²) in [6.07, 6.45) is 2.54. The van der Waals surface area contributed by atoms with Crippen molar-refractivity contribution in [1.29, 1.82) is 0 Å². The first-order chi connectivity index (χ1) is 14.0.